The Morgan fingerprint density at radius 2 is 1.52 bits per heavy atom. The van der Waals surface area contributed by atoms with E-state index in [4.69, 9.17) is 0 Å². The fourth-order valence-electron chi connectivity index (χ4n) is 2.23. The molecule has 2 amide bonds. The summed E-state index contributed by atoms with van der Waals surface area (Å²) in [4.78, 5) is 28.3. The highest BCUT2D eigenvalue weighted by atomic mass is 19.2. The highest BCUT2D eigenvalue weighted by Gasteiger charge is 2.13. The van der Waals surface area contributed by atoms with Crippen LogP contribution in [0.5, 0.6) is 0 Å². The minimum atomic E-state index is -1.11. The van der Waals surface area contributed by atoms with Gasteiger partial charge in [0.05, 0.1) is 0 Å². The molecule has 0 fully saturated rings. The summed E-state index contributed by atoms with van der Waals surface area (Å²) < 4.78 is 39.3. The van der Waals surface area contributed by atoms with Crippen molar-refractivity contribution in [1.82, 2.24) is 4.98 Å². The fourth-order valence-corrected chi connectivity index (χ4v) is 2.23. The van der Waals surface area contributed by atoms with Gasteiger partial charge in [-0.05, 0) is 42.5 Å². The summed E-state index contributed by atoms with van der Waals surface area (Å²) in [6, 6.07) is 10.8. The monoisotopic (exact) mass is 371 g/mol. The molecule has 3 aromatic rings. The first kappa shape index (κ1) is 18.1. The van der Waals surface area contributed by atoms with Crippen LogP contribution in [0.3, 0.4) is 0 Å². The van der Waals surface area contributed by atoms with Gasteiger partial charge in [0, 0.05) is 29.2 Å². The van der Waals surface area contributed by atoms with Gasteiger partial charge in [0.2, 0.25) is 0 Å². The van der Waals surface area contributed by atoms with E-state index < -0.39 is 29.3 Å². The van der Waals surface area contributed by atoms with Crippen LogP contribution in [0, 0.1) is 17.5 Å². The molecule has 0 saturated heterocycles. The van der Waals surface area contributed by atoms with Gasteiger partial charge in [0.25, 0.3) is 11.8 Å². The van der Waals surface area contributed by atoms with Crippen molar-refractivity contribution in [1.29, 1.82) is 0 Å². The maximum absolute atomic E-state index is 13.2. The summed E-state index contributed by atoms with van der Waals surface area (Å²) in [5.74, 6) is -3.92. The Labute approximate surface area is 151 Å². The molecule has 0 atom stereocenters. The molecule has 0 spiro atoms. The van der Waals surface area contributed by atoms with Gasteiger partial charge >= 0.3 is 0 Å². The molecule has 27 heavy (non-hydrogen) atoms. The zero-order valence-corrected chi connectivity index (χ0v) is 13.7. The molecule has 0 saturated carbocycles. The van der Waals surface area contributed by atoms with Crippen molar-refractivity contribution in [3.63, 3.8) is 0 Å². The molecule has 5 nitrogen and oxygen atoms in total. The van der Waals surface area contributed by atoms with Crippen molar-refractivity contribution in [3.8, 4) is 0 Å². The van der Waals surface area contributed by atoms with Crippen molar-refractivity contribution < 1.29 is 22.8 Å². The molecule has 8 heteroatoms. The summed E-state index contributed by atoms with van der Waals surface area (Å²) in [6.07, 6.45) is 1.25. The van der Waals surface area contributed by atoms with Gasteiger partial charge in [-0.2, -0.15) is 0 Å². The van der Waals surface area contributed by atoms with Crippen molar-refractivity contribution in [2.24, 2.45) is 0 Å². The second kappa shape index (κ2) is 7.69. The lowest BCUT2D eigenvalue weighted by Crippen LogP contribution is -2.17. The number of hydrogen-bond donors (Lipinski definition) is 2. The predicted octanol–water partition coefficient (Wildman–Crippen LogP) is 4.00. The number of carbonyl (C=O) groups is 2. The quantitative estimate of drug-likeness (QED) is 0.728. The molecule has 0 unspecified atom stereocenters. The SMILES string of the molecule is O=C(Nc1cccc(F)c1)c1ccnc(C(=O)Nc2ccc(F)c(F)c2)c1. The molecule has 0 radical (unpaired) electrons. The largest absolute Gasteiger partial charge is 0.322 e. The lowest BCUT2D eigenvalue weighted by atomic mass is 10.2. The number of hydrogen-bond acceptors (Lipinski definition) is 3. The van der Waals surface area contributed by atoms with Crippen LogP contribution in [0.4, 0.5) is 24.5 Å². The number of rotatable bonds is 4. The lowest BCUT2D eigenvalue weighted by Gasteiger charge is -2.08. The smallest absolute Gasteiger partial charge is 0.274 e. The van der Waals surface area contributed by atoms with Gasteiger partial charge in [-0.15, -0.1) is 0 Å². The molecule has 2 aromatic carbocycles. The van der Waals surface area contributed by atoms with Crippen molar-refractivity contribution in [2.75, 3.05) is 10.6 Å². The third kappa shape index (κ3) is 4.49. The molecule has 1 heterocycles. The van der Waals surface area contributed by atoms with Gasteiger partial charge in [-0.25, -0.2) is 13.2 Å². The minimum Gasteiger partial charge on any atom is -0.322 e. The first-order chi connectivity index (χ1) is 12.9. The average molecular weight is 371 g/mol. The third-order valence-corrected chi connectivity index (χ3v) is 3.51. The molecule has 136 valence electrons. The molecule has 1 aromatic heterocycles. The number of pyridine rings is 1. The first-order valence-corrected chi connectivity index (χ1v) is 7.72. The average Bonchev–Trinajstić information content (AvgIpc) is 2.65. The van der Waals surface area contributed by atoms with Crippen LogP contribution in [-0.4, -0.2) is 16.8 Å². The topological polar surface area (TPSA) is 71.1 Å². The standard InChI is InChI=1S/C19H12F3N3O2/c20-12-2-1-3-13(9-12)24-18(26)11-6-7-23-17(8-11)19(27)25-14-4-5-15(21)16(22)10-14/h1-10H,(H,24,26)(H,25,27). The van der Waals surface area contributed by atoms with Gasteiger partial charge in [0.1, 0.15) is 11.5 Å². The van der Waals surface area contributed by atoms with Crippen molar-refractivity contribution >= 4 is 23.2 Å². The lowest BCUT2D eigenvalue weighted by molar-refractivity contribution is 0.102. The number of amides is 2. The first-order valence-electron chi connectivity index (χ1n) is 7.72. The van der Waals surface area contributed by atoms with Crippen LogP contribution in [0.15, 0.2) is 60.8 Å². The molecule has 2 N–H and O–H groups in total. The molecular formula is C19H12F3N3O2. The number of carbonyl (C=O) groups excluding carboxylic acids is 2. The van der Waals surface area contributed by atoms with E-state index in [1.165, 1.54) is 42.6 Å². The normalized spacial score (nSPS) is 10.3. The number of anilines is 2. The highest BCUT2D eigenvalue weighted by molar-refractivity contribution is 6.07. The summed E-state index contributed by atoms with van der Waals surface area (Å²) in [5.41, 5.74) is 0.302. The molecule has 0 bridgehead atoms. The summed E-state index contributed by atoms with van der Waals surface area (Å²) in [6.45, 7) is 0. The summed E-state index contributed by atoms with van der Waals surface area (Å²) in [7, 11) is 0. The number of halogens is 3. The molecular weight excluding hydrogens is 359 g/mol. The Bertz CT molecular complexity index is 1020. The van der Waals surface area contributed by atoms with E-state index in [1.807, 2.05) is 0 Å². The van der Waals surface area contributed by atoms with E-state index in [2.05, 4.69) is 15.6 Å². The van der Waals surface area contributed by atoms with Crippen molar-refractivity contribution in [3.05, 3.63) is 89.5 Å². The Hall–Kier alpha value is -3.68. The van der Waals surface area contributed by atoms with Crippen molar-refractivity contribution in [2.45, 2.75) is 0 Å². The minimum absolute atomic E-state index is 0.0373. The van der Waals surface area contributed by atoms with E-state index in [9.17, 15) is 22.8 Å². The highest BCUT2D eigenvalue weighted by Crippen LogP contribution is 2.15. The zero-order valence-electron chi connectivity index (χ0n) is 13.7. The summed E-state index contributed by atoms with van der Waals surface area (Å²) in [5, 5.41) is 4.86. The number of nitrogens with one attached hydrogen (secondary N) is 2. The molecule has 3 rings (SSSR count). The van der Waals surface area contributed by atoms with E-state index in [0.29, 0.717) is 0 Å². The van der Waals surface area contributed by atoms with Crippen LogP contribution in [0.25, 0.3) is 0 Å². The second-order valence-electron chi connectivity index (χ2n) is 5.48. The Morgan fingerprint density at radius 1 is 0.778 bits per heavy atom. The molecule has 0 aliphatic rings. The van der Waals surface area contributed by atoms with Crippen LogP contribution in [-0.2, 0) is 0 Å². The molecule has 0 aliphatic heterocycles. The Kier molecular flexibility index (Phi) is 5.16. The van der Waals surface area contributed by atoms with E-state index in [0.717, 1.165) is 18.2 Å². The number of aromatic nitrogens is 1. The maximum atomic E-state index is 13.2. The fraction of sp³-hybridized carbons (Fsp3) is 0. The second-order valence-corrected chi connectivity index (χ2v) is 5.48. The Morgan fingerprint density at radius 3 is 2.26 bits per heavy atom. The van der Waals surface area contributed by atoms with Gasteiger partial charge < -0.3 is 10.6 Å². The van der Waals surface area contributed by atoms with Crippen LogP contribution in [0.1, 0.15) is 20.8 Å². The zero-order chi connectivity index (χ0) is 19.4. The van der Waals surface area contributed by atoms with E-state index in [-0.39, 0.29) is 22.6 Å². The van der Waals surface area contributed by atoms with Gasteiger partial charge in [-0.1, -0.05) is 6.07 Å². The number of nitrogens with zero attached hydrogens (tertiary/aromatic N) is 1. The van der Waals surface area contributed by atoms with Crippen LogP contribution < -0.4 is 10.6 Å². The van der Waals surface area contributed by atoms with Crippen LogP contribution in [0.2, 0.25) is 0 Å². The van der Waals surface area contributed by atoms with Gasteiger partial charge in [0.15, 0.2) is 11.6 Å². The predicted molar refractivity (Wildman–Crippen MR) is 92.9 cm³/mol. The third-order valence-electron chi connectivity index (χ3n) is 3.51. The molecule has 0 aliphatic carbocycles. The number of benzene rings is 2. The van der Waals surface area contributed by atoms with E-state index in [1.54, 1.807) is 0 Å². The Balaban J connectivity index is 1.75. The van der Waals surface area contributed by atoms with Crippen LogP contribution >= 0.6 is 0 Å². The summed E-state index contributed by atoms with van der Waals surface area (Å²) >= 11 is 0. The van der Waals surface area contributed by atoms with Gasteiger partial charge in [-0.3, -0.25) is 14.6 Å². The maximum Gasteiger partial charge on any atom is 0.274 e. The van der Waals surface area contributed by atoms with E-state index >= 15 is 0 Å².